The molecule has 23 heavy (non-hydrogen) atoms. The van der Waals surface area contributed by atoms with E-state index in [4.69, 9.17) is 5.10 Å². The van der Waals surface area contributed by atoms with Gasteiger partial charge in [-0.1, -0.05) is 40.2 Å². The van der Waals surface area contributed by atoms with Crippen molar-refractivity contribution in [1.82, 2.24) is 9.78 Å². The van der Waals surface area contributed by atoms with Gasteiger partial charge < -0.3 is 5.32 Å². The second-order valence-corrected chi connectivity index (χ2v) is 6.98. The molecule has 0 fully saturated rings. The first kappa shape index (κ1) is 14.5. The van der Waals surface area contributed by atoms with Crippen LogP contribution in [0.2, 0.25) is 0 Å². The number of nitrogens with zero attached hydrogens (tertiary/aromatic N) is 2. The molecule has 0 unspecified atom stereocenters. The minimum absolute atomic E-state index is 0.971. The lowest BCUT2D eigenvalue weighted by Gasteiger charge is -2.10. The summed E-state index contributed by atoms with van der Waals surface area (Å²) in [4.78, 5) is 0. The SMILES string of the molecule is Cc1ccc(C)c(-n2nc(-c3cccc(Br)c3)c3c2NCC3)c1. The van der Waals surface area contributed by atoms with Crippen molar-refractivity contribution in [1.29, 1.82) is 0 Å². The van der Waals surface area contributed by atoms with E-state index in [0.717, 1.165) is 40.2 Å². The van der Waals surface area contributed by atoms with E-state index >= 15 is 0 Å². The predicted molar refractivity (Wildman–Crippen MR) is 98.4 cm³/mol. The summed E-state index contributed by atoms with van der Waals surface area (Å²) in [6.45, 7) is 5.23. The molecule has 0 saturated heterocycles. The number of nitrogens with one attached hydrogen (secondary N) is 1. The van der Waals surface area contributed by atoms with Crippen LogP contribution < -0.4 is 5.32 Å². The standard InChI is InChI=1S/C19H18BrN3/c1-12-6-7-13(2)17(10-12)23-19-16(8-9-21-19)18(22-23)14-4-3-5-15(20)11-14/h3-7,10-11,21H,8-9H2,1-2H3. The summed E-state index contributed by atoms with van der Waals surface area (Å²) < 4.78 is 3.15. The second-order valence-electron chi connectivity index (χ2n) is 6.06. The number of fused-ring (bicyclic) bond motifs is 1. The Morgan fingerprint density at radius 3 is 2.83 bits per heavy atom. The monoisotopic (exact) mass is 367 g/mol. The van der Waals surface area contributed by atoms with Gasteiger partial charge in [0, 0.05) is 22.1 Å². The van der Waals surface area contributed by atoms with Gasteiger partial charge >= 0.3 is 0 Å². The number of benzene rings is 2. The van der Waals surface area contributed by atoms with Gasteiger partial charge in [0.05, 0.1) is 11.4 Å². The third-order valence-electron chi connectivity index (χ3n) is 4.34. The third-order valence-corrected chi connectivity index (χ3v) is 4.84. The Labute approximate surface area is 144 Å². The molecule has 3 nitrogen and oxygen atoms in total. The summed E-state index contributed by atoms with van der Waals surface area (Å²) in [5, 5.41) is 8.46. The van der Waals surface area contributed by atoms with Gasteiger partial charge in [0.1, 0.15) is 5.82 Å². The van der Waals surface area contributed by atoms with E-state index in [2.05, 4.69) is 76.2 Å². The van der Waals surface area contributed by atoms with Crippen LogP contribution >= 0.6 is 15.9 Å². The Balaban J connectivity index is 1.93. The molecule has 2 heterocycles. The van der Waals surface area contributed by atoms with Crippen molar-refractivity contribution in [3.8, 4) is 16.9 Å². The molecule has 1 N–H and O–H groups in total. The molecule has 3 aromatic rings. The largest absolute Gasteiger partial charge is 0.369 e. The van der Waals surface area contributed by atoms with E-state index in [1.165, 1.54) is 16.7 Å². The maximum Gasteiger partial charge on any atom is 0.133 e. The first-order chi connectivity index (χ1) is 11.1. The maximum atomic E-state index is 4.95. The van der Waals surface area contributed by atoms with Crippen LogP contribution in [0.15, 0.2) is 46.9 Å². The van der Waals surface area contributed by atoms with E-state index in [9.17, 15) is 0 Å². The van der Waals surface area contributed by atoms with Crippen molar-refractivity contribution in [2.45, 2.75) is 20.3 Å². The van der Waals surface area contributed by atoms with E-state index in [-0.39, 0.29) is 0 Å². The number of halogens is 1. The normalized spacial score (nSPS) is 13.0. The van der Waals surface area contributed by atoms with Gasteiger partial charge in [-0.25, -0.2) is 4.68 Å². The number of aryl methyl sites for hydroxylation is 2. The van der Waals surface area contributed by atoms with Crippen molar-refractivity contribution in [2.75, 3.05) is 11.9 Å². The lowest BCUT2D eigenvalue weighted by atomic mass is 10.1. The molecule has 0 radical (unpaired) electrons. The zero-order valence-corrected chi connectivity index (χ0v) is 14.8. The zero-order chi connectivity index (χ0) is 16.0. The maximum absolute atomic E-state index is 4.95. The van der Waals surface area contributed by atoms with Gasteiger partial charge in [0.25, 0.3) is 0 Å². The number of rotatable bonds is 2. The van der Waals surface area contributed by atoms with Crippen molar-refractivity contribution in [3.05, 3.63) is 63.6 Å². The molecule has 1 aliphatic heterocycles. The van der Waals surface area contributed by atoms with Crippen LogP contribution in [0.4, 0.5) is 5.82 Å². The minimum atomic E-state index is 0.971. The number of aromatic nitrogens is 2. The summed E-state index contributed by atoms with van der Waals surface area (Å²) in [6.07, 6.45) is 1.02. The molecule has 0 atom stereocenters. The topological polar surface area (TPSA) is 29.9 Å². The van der Waals surface area contributed by atoms with Crippen molar-refractivity contribution >= 4 is 21.7 Å². The number of hydrogen-bond acceptors (Lipinski definition) is 2. The molecule has 1 aromatic heterocycles. The summed E-state index contributed by atoms with van der Waals surface area (Å²) in [6, 6.07) is 14.9. The Hall–Kier alpha value is -2.07. The summed E-state index contributed by atoms with van der Waals surface area (Å²) in [5.74, 6) is 1.13. The molecule has 1 aliphatic rings. The van der Waals surface area contributed by atoms with Crippen LogP contribution in [0.5, 0.6) is 0 Å². The third kappa shape index (κ3) is 2.47. The molecular weight excluding hydrogens is 350 g/mol. The van der Waals surface area contributed by atoms with E-state index in [1.807, 2.05) is 6.07 Å². The van der Waals surface area contributed by atoms with Gasteiger partial charge in [-0.3, -0.25) is 0 Å². The zero-order valence-electron chi connectivity index (χ0n) is 13.2. The number of hydrogen-bond donors (Lipinski definition) is 1. The van der Waals surface area contributed by atoms with Gasteiger partial charge in [0.15, 0.2) is 0 Å². The van der Waals surface area contributed by atoms with Crippen LogP contribution in [-0.4, -0.2) is 16.3 Å². The highest BCUT2D eigenvalue weighted by Crippen LogP contribution is 2.36. The van der Waals surface area contributed by atoms with Crippen LogP contribution in [0.25, 0.3) is 16.9 Å². The lowest BCUT2D eigenvalue weighted by molar-refractivity contribution is 0.874. The first-order valence-corrected chi connectivity index (χ1v) is 8.62. The van der Waals surface area contributed by atoms with Crippen molar-refractivity contribution in [2.24, 2.45) is 0 Å². The molecule has 0 saturated carbocycles. The van der Waals surface area contributed by atoms with Gasteiger partial charge in [-0.15, -0.1) is 0 Å². The molecule has 0 spiro atoms. The van der Waals surface area contributed by atoms with Gasteiger partial charge in [-0.2, -0.15) is 5.10 Å². The fourth-order valence-electron chi connectivity index (χ4n) is 3.16. The summed E-state index contributed by atoms with van der Waals surface area (Å²) in [7, 11) is 0. The van der Waals surface area contributed by atoms with Gasteiger partial charge in [0.2, 0.25) is 0 Å². The van der Waals surface area contributed by atoms with E-state index in [0.29, 0.717) is 0 Å². The average molecular weight is 368 g/mol. The molecule has 4 rings (SSSR count). The number of anilines is 1. The molecule has 0 bridgehead atoms. The molecule has 116 valence electrons. The quantitative estimate of drug-likeness (QED) is 0.698. The highest BCUT2D eigenvalue weighted by Gasteiger charge is 2.24. The highest BCUT2D eigenvalue weighted by molar-refractivity contribution is 9.10. The predicted octanol–water partition coefficient (Wildman–Crippen LogP) is 4.89. The molecular formula is C19H18BrN3. The molecule has 2 aromatic carbocycles. The lowest BCUT2D eigenvalue weighted by Crippen LogP contribution is -2.06. The molecule has 0 aliphatic carbocycles. The Morgan fingerprint density at radius 2 is 2.00 bits per heavy atom. The minimum Gasteiger partial charge on any atom is -0.369 e. The van der Waals surface area contributed by atoms with Crippen molar-refractivity contribution in [3.63, 3.8) is 0 Å². The van der Waals surface area contributed by atoms with E-state index < -0.39 is 0 Å². The van der Waals surface area contributed by atoms with Crippen molar-refractivity contribution < 1.29 is 0 Å². The molecule has 0 amide bonds. The smallest absolute Gasteiger partial charge is 0.133 e. The van der Waals surface area contributed by atoms with Gasteiger partial charge in [-0.05, 0) is 49.6 Å². The summed E-state index contributed by atoms with van der Waals surface area (Å²) >= 11 is 3.56. The molecule has 4 heteroatoms. The first-order valence-electron chi connectivity index (χ1n) is 7.83. The van der Waals surface area contributed by atoms with Crippen LogP contribution in [0.1, 0.15) is 16.7 Å². The van der Waals surface area contributed by atoms with Crippen LogP contribution in [0.3, 0.4) is 0 Å². The Morgan fingerprint density at radius 1 is 1.13 bits per heavy atom. The van der Waals surface area contributed by atoms with Crippen LogP contribution in [-0.2, 0) is 6.42 Å². The fraction of sp³-hybridized carbons (Fsp3) is 0.211. The Kier molecular flexibility index (Phi) is 3.49. The fourth-order valence-corrected chi connectivity index (χ4v) is 3.56. The van der Waals surface area contributed by atoms with E-state index in [1.54, 1.807) is 0 Å². The second kappa shape index (κ2) is 5.53. The highest BCUT2D eigenvalue weighted by atomic mass is 79.9. The average Bonchev–Trinajstić information content (AvgIpc) is 3.12. The Bertz CT molecular complexity index is 896. The summed E-state index contributed by atoms with van der Waals surface area (Å²) in [5.41, 5.74) is 7.17. The van der Waals surface area contributed by atoms with Crippen LogP contribution in [0, 0.1) is 13.8 Å².